The highest BCUT2D eigenvalue weighted by molar-refractivity contribution is 5.77. The van der Waals surface area contributed by atoms with Crippen LogP contribution >= 0.6 is 0 Å². The number of nitrogens with zero attached hydrogens (tertiary/aromatic N) is 2. The second-order valence-corrected chi connectivity index (χ2v) is 8.17. The number of rotatable bonds is 8. The van der Waals surface area contributed by atoms with Gasteiger partial charge in [0.1, 0.15) is 12.4 Å². The molecule has 2 aromatic carbocycles. The lowest BCUT2D eigenvalue weighted by Gasteiger charge is -2.31. The van der Waals surface area contributed by atoms with E-state index in [0.29, 0.717) is 24.9 Å². The number of methoxy groups -OCH3 is 1. The lowest BCUT2D eigenvalue weighted by Crippen LogP contribution is -2.43. The van der Waals surface area contributed by atoms with Gasteiger partial charge in [-0.15, -0.1) is 0 Å². The molecule has 1 amide bonds. The second kappa shape index (κ2) is 9.99. The summed E-state index contributed by atoms with van der Waals surface area (Å²) < 4.78 is 18.7. The van der Waals surface area contributed by atoms with Crippen LogP contribution in [0.25, 0.3) is 0 Å². The van der Waals surface area contributed by atoms with Crippen LogP contribution in [0.1, 0.15) is 30.9 Å². The van der Waals surface area contributed by atoms with Crippen molar-refractivity contribution < 1.29 is 13.9 Å². The van der Waals surface area contributed by atoms with E-state index in [1.54, 1.807) is 19.2 Å². The highest BCUT2D eigenvalue weighted by atomic mass is 19.1. The molecule has 1 aliphatic rings. The van der Waals surface area contributed by atoms with Gasteiger partial charge in [0, 0.05) is 45.2 Å². The van der Waals surface area contributed by atoms with Crippen LogP contribution in [0.3, 0.4) is 0 Å². The third kappa shape index (κ3) is 5.64. The molecule has 2 unspecified atom stereocenters. The molecule has 2 atom stereocenters. The molecular weight excluding hydrogens is 367 g/mol. The van der Waals surface area contributed by atoms with Crippen molar-refractivity contribution in [2.24, 2.45) is 5.92 Å². The Labute approximate surface area is 173 Å². The Morgan fingerprint density at radius 2 is 1.93 bits per heavy atom. The summed E-state index contributed by atoms with van der Waals surface area (Å²) in [7, 11) is 1.56. The van der Waals surface area contributed by atoms with Crippen molar-refractivity contribution >= 4 is 5.91 Å². The van der Waals surface area contributed by atoms with E-state index in [1.165, 1.54) is 11.6 Å². The maximum atomic E-state index is 13.6. The van der Waals surface area contributed by atoms with Crippen molar-refractivity contribution in [3.8, 4) is 0 Å². The predicted molar refractivity (Wildman–Crippen MR) is 113 cm³/mol. The average molecular weight is 399 g/mol. The molecule has 1 aliphatic heterocycles. The van der Waals surface area contributed by atoms with Gasteiger partial charge in [-0.1, -0.05) is 42.5 Å². The molecule has 0 aromatic heterocycles. The fraction of sp³-hybridized carbons (Fsp3) is 0.458. The SMILES string of the molecule is COCC(=O)N(CC1CN(Cc2cccc(F)c2)CC1c1ccccc1)C(C)C. The van der Waals surface area contributed by atoms with E-state index in [2.05, 4.69) is 29.2 Å². The Morgan fingerprint density at radius 1 is 1.17 bits per heavy atom. The predicted octanol–water partition coefficient (Wildman–Crippen LogP) is 3.92. The van der Waals surface area contributed by atoms with E-state index in [9.17, 15) is 9.18 Å². The maximum Gasteiger partial charge on any atom is 0.248 e. The molecule has 3 rings (SSSR count). The van der Waals surface area contributed by atoms with Crippen LogP contribution in [0, 0.1) is 11.7 Å². The van der Waals surface area contributed by atoms with E-state index in [0.717, 1.165) is 18.7 Å². The largest absolute Gasteiger partial charge is 0.375 e. The van der Waals surface area contributed by atoms with Gasteiger partial charge >= 0.3 is 0 Å². The average Bonchev–Trinajstić information content (AvgIpc) is 3.09. The van der Waals surface area contributed by atoms with Crippen LogP contribution in [-0.4, -0.2) is 55.1 Å². The quantitative estimate of drug-likeness (QED) is 0.676. The van der Waals surface area contributed by atoms with E-state index in [-0.39, 0.29) is 24.4 Å². The van der Waals surface area contributed by atoms with E-state index in [4.69, 9.17) is 4.74 Å². The van der Waals surface area contributed by atoms with Gasteiger partial charge in [0.15, 0.2) is 0 Å². The van der Waals surface area contributed by atoms with Gasteiger partial charge in [-0.2, -0.15) is 0 Å². The van der Waals surface area contributed by atoms with Crippen molar-refractivity contribution in [1.29, 1.82) is 0 Å². The highest BCUT2D eigenvalue weighted by Gasteiger charge is 2.36. The monoisotopic (exact) mass is 398 g/mol. The number of likely N-dealkylation sites (tertiary alicyclic amines) is 1. The summed E-state index contributed by atoms with van der Waals surface area (Å²) in [6.07, 6.45) is 0. The second-order valence-electron chi connectivity index (χ2n) is 8.17. The lowest BCUT2D eigenvalue weighted by molar-refractivity contribution is -0.137. The summed E-state index contributed by atoms with van der Waals surface area (Å²) in [4.78, 5) is 16.9. The van der Waals surface area contributed by atoms with Crippen LogP contribution in [0.5, 0.6) is 0 Å². The highest BCUT2D eigenvalue weighted by Crippen LogP contribution is 2.34. The first kappa shape index (κ1) is 21.5. The first-order chi connectivity index (χ1) is 14.0. The molecule has 0 spiro atoms. The van der Waals surface area contributed by atoms with Gasteiger partial charge < -0.3 is 9.64 Å². The molecule has 2 aromatic rings. The standard InChI is InChI=1S/C24H31FN2O2/c1-18(2)27(24(28)17-29-3)15-21-14-26(13-19-8-7-11-22(25)12-19)16-23(21)20-9-5-4-6-10-20/h4-12,18,21,23H,13-17H2,1-3H3. The minimum absolute atomic E-state index is 0.0258. The van der Waals surface area contributed by atoms with Crippen LogP contribution in [0.15, 0.2) is 54.6 Å². The molecule has 1 saturated heterocycles. The Bertz CT molecular complexity index is 796. The summed E-state index contributed by atoms with van der Waals surface area (Å²) in [6, 6.07) is 17.4. The molecule has 1 fully saturated rings. The van der Waals surface area contributed by atoms with E-state index >= 15 is 0 Å². The Morgan fingerprint density at radius 3 is 2.59 bits per heavy atom. The normalized spacial score (nSPS) is 19.6. The van der Waals surface area contributed by atoms with Crippen LogP contribution in [0.2, 0.25) is 0 Å². The molecule has 156 valence electrons. The van der Waals surface area contributed by atoms with Crippen LogP contribution in [0.4, 0.5) is 4.39 Å². The van der Waals surface area contributed by atoms with Gasteiger partial charge in [0.2, 0.25) is 5.91 Å². The van der Waals surface area contributed by atoms with E-state index in [1.807, 2.05) is 30.9 Å². The summed E-state index contributed by atoms with van der Waals surface area (Å²) in [6.45, 7) is 7.38. The van der Waals surface area contributed by atoms with Crippen molar-refractivity contribution in [3.63, 3.8) is 0 Å². The zero-order valence-electron chi connectivity index (χ0n) is 17.6. The number of amides is 1. The number of hydrogen-bond donors (Lipinski definition) is 0. The summed E-state index contributed by atoms with van der Waals surface area (Å²) in [5.41, 5.74) is 2.27. The molecule has 1 heterocycles. The number of carbonyl (C=O) groups is 1. The number of carbonyl (C=O) groups excluding carboxylic acids is 1. The van der Waals surface area contributed by atoms with Crippen molar-refractivity contribution in [2.45, 2.75) is 32.4 Å². The smallest absolute Gasteiger partial charge is 0.248 e. The Kier molecular flexibility index (Phi) is 7.40. The fourth-order valence-electron chi connectivity index (χ4n) is 4.31. The topological polar surface area (TPSA) is 32.8 Å². The third-order valence-corrected chi connectivity index (χ3v) is 5.68. The molecule has 5 heteroatoms. The Hall–Kier alpha value is -2.24. The number of benzene rings is 2. The summed E-state index contributed by atoms with van der Waals surface area (Å²) >= 11 is 0. The first-order valence-corrected chi connectivity index (χ1v) is 10.3. The Balaban J connectivity index is 1.79. The molecule has 0 aliphatic carbocycles. The zero-order valence-corrected chi connectivity index (χ0v) is 17.6. The molecule has 0 bridgehead atoms. The summed E-state index contributed by atoms with van der Waals surface area (Å²) in [5.74, 6) is 0.474. The van der Waals surface area contributed by atoms with Crippen molar-refractivity contribution in [3.05, 3.63) is 71.5 Å². The molecule has 0 radical (unpaired) electrons. The minimum Gasteiger partial charge on any atom is -0.375 e. The molecule has 4 nitrogen and oxygen atoms in total. The maximum absolute atomic E-state index is 13.6. The molecule has 0 saturated carbocycles. The van der Waals surface area contributed by atoms with Crippen molar-refractivity contribution in [1.82, 2.24) is 9.80 Å². The zero-order chi connectivity index (χ0) is 20.8. The van der Waals surface area contributed by atoms with Gasteiger partial charge in [-0.05, 0) is 43.0 Å². The van der Waals surface area contributed by atoms with Gasteiger partial charge in [-0.3, -0.25) is 9.69 Å². The lowest BCUT2D eigenvalue weighted by atomic mass is 9.88. The van der Waals surface area contributed by atoms with Gasteiger partial charge in [0.25, 0.3) is 0 Å². The van der Waals surface area contributed by atoms with E-state index < -0.39 is 0 Å². The first-order valence-electron chi connectivity index (χ1n) is 10.3. The van der Waals surface area contributed by atoms with Crippen molar-refractivity contribution in [2.75, 3.05) is 33.4 Å². The number of hydrogen-bond acceptors (Lipinski definition) is 3. The molecule has 29 heavy (non-hydrogen) atoms. The number of ether oxygens (including phenoxy) is 1. The molecule has 0 N–H and O–H groups in total. The summed E-state index contributed by atoms with van der Waals surface area (Å²) in [5, 5.41) is 0. The number of halogens is 1. The van der Waals surface area contributed by atoms with Crippen LogP contribution in [-0.2, 0) is 16.1 Å². The third-order valence-electron chi connectivity index (χ3n) is 5.68. The van der Waals surface area contributed by atoms with Gasteiger partial charge in [0.05, 0.1) is 0 Å². The fourth-order valence-corrected chi connectivity index (χ4v) is 4.31. The molecular formula is C24H31FN2O2. The van der Waals surface area contributed by atoms with Crippen LogP contribution < -0.4 is 0 Å². The van der Waals surface area contributed by atoms with Gasteiger partial charge in [-0.25, -0.2) is 4.39 Å². The minimum atomic E-state index is -0.200.